The lowest BCUT2D eigenvalue weighted by Crippen LogP contribution is -2.38. The van der Waals surface area contributed by atoms with E-state index < -0.39 is 5.82 Å². The van der Waals surface area contributed by atoms with Gasteiger partial charge >= 0.3 is 6.01 Å². The smallest absolute Gasteiger partial charge is 0.319 e. The molecule has 1 saturated carbocycles. The fraction of sp³-hybridized carbons (Fsp3) is 0.469. The molecule has 4 fully saturated rings. The highest BCUT2D eigenvalue weighted by molar-refractivity contribution is 5.99. The van der Waals surface area contributed by atoms with E-state index in [2.05, 4.69) is 19.8 Å². The van der Waals surface area contributed by atoms with E-state index in [0.717, 1.165) is 56.4 Å². The molecule has 0 spiro atoms. The molecule has 1 aliphatic carbocycles. The third kappa shape index (κ3) is 4.55. The van der Waals surface area contributed by atoms with Crippen molar-refractivity contribution in [2.45, 2.75) is 44.2 Å². The molecule has 0 radical (unpaired) electrons. The Kier molecular flexibility index (Phi) is 6.18. The largest absolute Gasteiger partial charge is 0.508 e. The molecule has 41 heavy (non-hydrogen) atoms. The number of hydrogen-bond acceptors (Lipinski definition) is 8. The number of morpholine rings is 1. The summed E-state index contributed by atoms with van der Waals surface area (Å²) >= 11 is 0. The number of fused-ring (bicyclic) bond motifs is 6. The number of hydrogen-bond donors (Lipinski definition) is 1. The average Bonchev–Trinajstić information content (AvgIpc) is 3.70. The standard InChI is InChI=1S/C32H34FN5O3/c33-28-29(26-13-23(39)11-21-4-1-2-5-25(21)26)34-14-27-30(28)35-32(36-31(27)38-15-19-6-7-20(10-19)16-38)40-9-3-8-37-17-24-12-22(37)18-41-24/h1-2,4-5,11,13-14,19-20,22,24,39H,3,6-10,12,15-18H2/t19?,20?,22?,24-/m0/s1. The zero-order valence-electron chi connectivity index (χ0n) is 23.0. The molecule has 2 aromatic heterocycles. The first kappa shape index (κ1) is 25.2. The van der Waals surface area contributed by atoms with Crippen molar-refractivity contribution in [2.24, 2.45) is 11.8 Å². The topological polar surface area (TPSA) is 83.8 Å². The van der Waals surface area contributed by atoms with Crippen molar-refractivity contribution < 1.29 is 19.0 Å². The summed E-state index contributed by atoms with van der Waals surface area (Å²) in [5.41, 5.74) is 0.891. The molecule has 2 aromatic carbocycles. The zero-order chi connectivity index (χ0) is 27.5. The Morgan fingerprint density at radius 3 is 2.68 bits per heavy atom. The van der Waals surface area contributed by atoms with E-state index in [-0.39, 0.29) is 23.0 Å². The molecule has 4 bridgehead atoms. The predicted molar refractivity (Wildman–Crippen MR) is 155 cm³/mol. The van der Waals surface area contributed by atoms with Gasteiger partial charge in [-0.05, 0) is 66.8 Å². The minimum absolute atomic E-state index is 0.0639. The van der Waals surface area contributed by atoms with Gasteiger partial charge in [0.2, 0.25) is 0 Å². The summed E-state index contributed by atoms with van der Waals surface area (Å²) in [6.07, 6.45) is 7.76. The number of phenols is 1. The fourth-order valence-corrected chi connectivity index (χ4v) is 7.57. The van der Waals surface area contributed by atoms with Gasteiger partial charge in [0, 0.05) is 44.0 Å². The Hall–Kier alpha value is -3.56. The van der Waals surface area contributed by atoms with E-state index in [4.69, 9.17) is 14.5 Å². The molecular weight excluding hydrogens is 521 g/mol. The summed E-state index contributed by atoms with van der Waals surface area (Å²) in [7, 11) is 0. The van der Waals surface area contributed by atoms with Crippen molar-refractivity contribution in [3.8, 4) is 23.0 Å². The van der Waals surface area contributed by atoms with Gasteiger partial charge in [-0.1, -0.05) is 24.3 Å². The van der Waals surface area contributed by atoms with E-state index in [1.807, 2.05) is 24.3 Å². The van der Waals surface area contributed by atoms with Crippen molar-refractivity contribution in [2.75, 3.05) is 44.3 Å². The molecule has 4 aliphatic rings. The first-order chi connectivity index (χ1) is 20.1. The van der Waals surface area contributed by atoms with Crippen molar-refractivity contribution >= 4 is 27.5 Å². The van der Waals surface area contributed by atoms with Crippen LogP contribution in [0.5, 0.6) is 11.8 Å². The molecule has 3 aliphatic heterocycles. The van der Waals surface area contributed by atoms with Gasteiger partial charge in [0.05, 0.1) is 24.7 Å². The Labute approximate surface area is 238 Å². The maximum Gasteiger partial charge on any atom is 0.319 e. The van der Waals surface area contributed by atoms with Gasteiger partial charge in [-0.2, -0.15) is 9.97 Å². The van der Waals surface area contributed by atoms with E-state index in [1.165, 1.54) is 19.3 Å². The number of ether oxygens (including phenoxy) is 2. The van der Waals surface area contributed by atoms with Crippen LogP contribution in [0.25, 0.3) is 32.9 Å². The Morgan fingerprint density at radius 2 is 1.88 bits per heavy atom. The number of likely N-dealkylation sites (tertiary alicyclic amines) is 1. The molecule has 9 heteroatoms. The third-order valence-corrected chi connectivity index (χ3v) is 9.49. The summed E-state index contributed by atoms with van der Waals surface area (Å²) in [6, 6.07) is 11.6. The number of phenolic OH excluding ortho intramolecular Hbond substituents is 1. The fourth-order valence-electron chi connectivity index (χ4n) is 7.57. The molecule has 3 saturated heterocycles. The lowest BCUT2D eigenvalue weighted by atomic mass is 9.98. The molecule has 212 valence electrons. The second kappa shape index (κ2) is 10.1. The van der Waals surface area contributed by atoms with E-state index in [1.54, 1.807) is 18.3 Å². The van der Waals surface area contributed by atoms with Gasteiger partial charge in [-0.15, -0.1) is 0 Å². The second-order valence-electron chi connectivity index (χ2n) is 12.2. The van der Waals surface area contributed by atoms with E-state index in [0.29, 0.717) is 47.4 Å². The van der Waals surface area contributed by atoms with Crippen LogP contribution in [0.3, 0.4) is 0 Å². The minimum atomic E-state index is -0.528. The van der Waals surface area contributed by atoms with E-state index in [9.17, 15) is 5.11 Å². The SMILES string of the molecule is Oc1cc(-c2ncc3c(N4CC5CCC(C5)C4)nc(OCCCN4C[C@@H]5CC4CO5)nc3c2F)c2ccccc2c1. The number of halogens is 1. The lowest BCUT2D eigenvalue weighted by Gasteiger charge is -2.33. The Morgan fingerprint density at radius 1 is 1.02 bits per heavy atom. The van der Waals surface area contributed by atoms with Crippen molar-refractivity contribution in [1.82, 2.24) is 19.9 Å². The van der Waals surface area contributed by atoms with Crippen LogP contribution < -0.4 is 9.64 Å². The molecule has 3 unspecified atom stereocenters. The number of piperidine rings is 1. The highest BCUT2D eigenvalue weighted by Crippen LogP contribution is 2.41. The second-order valence-corrected chi connectivity index (χ2v) is 12.2. The zero-order valence-corrected chi connectivity index (χ0v) is 23.0. The summed E-state index contributed by atoms with van der Waals surface area (Å²) < 4.78 is 28.3. The normalized spacial score (nSPS) is 25.5. The summed E-state index contributed by atoms with van der Waals surface area (Å²) in [4.78, 5) is 18.8. The van der Waals surface area contributed by atoms with Crippen LogP contribution in [-0.2, 0) is 4.74 Å². The van der Waals surface area contributed by atoms with Crippen molar-refractivity contribution in [1.29, 1.82) is 0 Å². The minimum Gasteiger partial charge on any atom is -0.508 e. The summed E-state index contributed by atoms with van der Waals surface area (Å²) in [6.45, 7) is 5.02. The molecule has 0 amide bonds. The van der Waals surface area contributed by atoms with Crippen LogP contribution in [-0.4, -0.2) is 76.5 Å². The number of benzene rings is 2. The highest BCUT2D eigenvalue weighted by Gasteiger charge is 2.38. The predicted octanol–water partition coefficient (Wildman–Crippen LogP) is 5.17. The van der Waals surface area contributed by atoms with Gasteiger partial charge < -0.3 is 19.5 Å². The summed E-state index contributed by atoms with van der Waals surface area (Å²) in [5.74, 6) is 1.51. The number of nitrogens with zero attached hydrogens (tertiary/aromatic N) is 5. The maximum atomic E-state index is 16.5. The molecule has 8 rings (SSSR count). The third-order valence-electron chi connectivity index (χ3n) is 9.49. The molecule has 5 heterocycles. The van der Waals surface area contributed by atoms with Gasteiger partial charge in [0.25, 0.3) is 0 Å². The maximum absolute atomic E-state index is 16.5. The number of aromatic hydroxyl groups is 1. The number of aromatic nitrogens is 3. The van der Waals surface area contributed by atoms with Gasteiger partial charge in [-0.3, -0.25) is 9.88 Å². The molecule has 4 aromatic rings. The van der Waals surface area contributed by atoms with Gasteiger partial charge in [0.1, 0.15) is 22.8 Å². The van der Waals surface area contributed by atoms with Crippen LogP contribution in [0.2, 0.25) is 0 Å². The molecular formula is C32H34FN5O3. The first-order valence-corrected chi connectivity index (χ1v) is 14.9. The van der Waals surface area contributed by atoms with E-state index >= 15 is 4.39 Å². The van der Waals surface area contributed by atoms with Crippen molar-refractivity contribution in [3.63, 3.8) is 0 Å². The highest BCUT2D eigenvalue weighted by atomic mass is 19.1. The Balaban J connectivity index is 1.15. The monoisotopic (exact) mass is 555 g/mol. The number of rotatable bonds is 7. The number of anilines is 1. The lowest BCUT2D eigenvalue weighted by molar-refractivity contribution is 0.0287. The quantitative estimate of drug-likeness (QED) is 0.313. The van der Waals surface area contributed by atoms with Crippen LogP contribution in [0.4, 0.5) is 10.2 Å². The average molecular weight is 556 g/mol. The van der Waals surface area contributed by atoms with Crippen LogP contribution in [0.15, 0.2) is 42.6 Å². The first-order valence-electron chi connectivity index (χ1n) is 14.9. The molecule has 8 nitrogen and oxygen atoms in total. The Bertz CT molecular complexity index is 1620. The number of pyridine rings is 1. The van der Waals surface area contributed by atoms with Gasteiger partial charge in [-0.25, -0.2) is 4.39 Å². The van der Waals surface area contributed by atoms with Crippen LogP contribution in [0, 0.1) is 17.7 Å². The molecule has 1 N–H and O–H groups in total. The van der Waals surface area contributed by atoms with Gasteiger partial charge in [0.15, 0.2) is 5.82 Å². The molecule has 4 atom stereocenters. The summed E-state index contributed by atoms with van der Waals surface area (Å²) in [5, 5.41) is 12.6. The van der Waals surface area contributed by atoms with Crippen LogP contribution in [0.1, 0.15) is 32.1 Å². The van der Waals surface area contributed by atoms with Crippen molar-refractivity contribution in [3.05, 3.63) is 48.4 Å². The van der Waals surface area contributed by atoms with Crippen LogP contribution >= 0.6 is 0 Å².